The molecule has 0 aromatic rings. The predicted octanol–water partition coefficient (Wildman–Crippen LogP) is 2.46. The molecular formula is C32H51F3N6O7S. The van der Waals surface area contributed by atoms with Gasteiger partial charge in [0.05, 0.1) is 12.1 Å². The molecule has 0 spiro atoms. The molecule has 1 unspecified atom stereocenters. The number of carbonyl (C=O) groups is 5. The predicted molar refractivity (Wildman–Crippen MR) is 177 cm³/mol. The Balaban J connectivity index is 2.33. The second kappa shape index (κ2) is 15.6. The number of alkyl halides is 3. The number of nitrogens with zero attached hydrogens (tertiary/aromatic N) is 2. The molecule has 1 aliphatic carbocycles. The molecule has 1 saturated heterocycles. The van der Waals surface area contributed by atoms with Crippen molar-refractivity contribution in [1.82, 2.24) is 30.5 Å². The summed E-state index contributed by atoms with van der Waals surface area (Å²) in [4.78, 5) is 68.2. The Labute approximate surface area is 286 Å². The molecule has 6 atom stereocenters. The molecule has 0 radical (unpaired) electrons. The van der Waals surface area contributed by atoms with E-state index >= 15 is 0 Å². The van der Waals surface area contributed by atoms with E-state index < -0.39 is 81.2 Å². The number of likely N-dealkylation sites (tertiary alicyclic amines) is 1. The van der Waals surface area contributed by atoms with Crippen molar-refractivity contribution < 1.29 is 45.6 Å². The van der Waals surface area contributed by atoms with E-state index in [4.69, 9.17) is 0 Å². The highest BCUT2D eigenvalue weighted by Crippen LogP contribution is 2.65. The lowest BCUT2D eigenvalue weighted by Crippen LogP contribution is -2.62. The molecule has 278 valence electrons. The molecule has 1 saturated carbocycles. The Hall–Kier alpha value is -3.47. The van der Waals surface area contributed by atoms with Crippen LogP contribution in [0.2, 0.25) is 0 Å². The number of rotatable bonds is 16. The number of carbonyl (C=O) groups excluding carboxylic acids is 5. The molecule has 13 nitrogen and oxygen atoms in total. The number of urea groups is 1. The van der Waals surface area contributed by atoms with Crippen LogP contribution in [0, 0.1) is 22.7 Å². The van der Waals surface area contributed by atoms with Crippen molar-refractivity contribution >= 4 is 39.6 Å². The minimum Gasteiger partial charge on any atom is -0.346 e. The zero-order chi connectivity index (χ0) is 37.9. The topological polar surface area (TPSA) is 174 Å². The lowest BCUT2D eigenvalue weighted by Gasteiger charge is -2.38. The van der Waals surface area contributed by atoms with Gasteiger partial charge in [-0.15, -0.1) is 6.58 Å². The highest BCUT2D eigenvalue weighted by Gasteiger charge is 2.70. The van der Waals surface area contributed by atoms with E-state index in [1.165, 1.54) is 17.9 Å². The number of likely N-dealkylation sites (N-methyl/N-ethyl adjacent to an activating group) is 1. The Morgan fingerprint density at radius 3 is 2.14 bits per heavy atom. The number of halogens is 3. The summed E-state index contributed by atoms with van der Waals surface area (Å²) in [6.45, 7) is 18.9. The SMILES string of the molecule is C=CCNC(=O)C(=O)C(CCCC)NC(=O)[C@@H]1[C@@H]2[C@H](CN1C(=O)[C@@H](NC(=O)N[C@H](CN(C)S(=O)(=O)C(F)(F)F)C(=C)C)C(C)(C)C)C2(C)C. The number of nitrogens with one attached hydrogen (secondary N) is 4. The Morgan fingerprint density at radius 2 is 1.65 bits per heavy atom. The molecular weight excluding hydrogens is 669 g/mol. The van der Waals surface area contributed by atoms with E-state index in [1.807, 2.05) is 20.8 Å². The van der Waals surface area contributed by atoms with Crippen LogP contribution in [0.15, 0.2) is 24.8 Å². The van der Waals surface area contributed by atoms with Crippen molar-refractivity contribution in [2.45, 2.75) is 97.4 Å². The molecule has 5 amide bonds. The molecule has 2 fully saturated rings. The Kier molecular flexibility index (Phi) is 13.3. The van der Waals surface area contributed by atoms with Gasteiger partial charge in [0.2, 0.25) is 17.6 Å². The van der Waals surface area contributed by atoms with Gasteiger partial charge >= 0.3 is 21.6 Å². The van der Waals surface area contributed by atoms with Crippen LogP contribution >= 0.6 is 0 Å². The molecule has 17 heteroatoms. The maximum atomic E-state index is 14.2. The molecule has 1 heterocycles. The Morgan fingerprint density at radius 1 is 1.06 bits per heavy atom. The summed E-state index contributed by atoms with van der Waals surface area (Å²) in [5, 5.41) is 10.1. The third-order valence-electron chi connectivity index (χ3n) is 9.30. The van der Waals surface area contributed by atoms with Gasteiger partial charge in [-0.1, -0.05) is 72.6 Å². The number of hydrogen-bond acceptors (Lipinski definition) is 7. The molecule has 0 aromatic carbocycles. The highest BCUT2D eigenvalue weighted by atomic mass is 32.2. The summed E-state index contributed by atoms with van der Waals surface area (Å²) in [5.74, 6) is -3.22. The van der Waals surface area contributed by atoms with Gasteiger partial charge in [-0.2, -0.15) is 17.5 Å². The first kappa shape index (κ1) is 41.7. The van der Waals surface area contributed by atoms with Crippen LogP contribution in [-0.2, 0) is 29.2 Å². The summed E-state index contributed by atoms with van der Waals surface area (Å²) in [7, 11) is -4.97. The van der Waals surface area contributed by atoms with Crippen LogP contribution in [0.1, 0.15) is 67.7 Å². The number of ketones is 1. The third kappa shape index (κ3) is 9.61. The minimum absolute atomic E-state index is 0.0544. The zero-order valence-corrected chi connectivity index (χ0v) is 30.3. The lowest BCUT2D eigenvalue weighted by atomic mass is 9.85. The average molecular weight is 721 g/mol. The van der Waals surface area contributed by atoms with Crippen LogP contribution < -0.4 is 21.3 Å². The van der Waals surface area contributed by atoms with Gasteiger partial charge in [0, 0.05) is 26.7 Å². The van der Waals surface area contributed by atoms with Gasteiger partial charge in [-0.3, -0.25) is 19.2 Å². The van der Waals surface area contributed by atoms with Gasteiger partial charge in [0.1, 0.15) is 12.1 Å². The summed E-state index contributed by atoms with van der Waals surface area (Å²) in [6.07, 6.45) is 2.86. The zero-order valence-electron chi connectivity index (χ0n) is 29.5. The van der Waals surface area contributed by atoms with Crippen molar-refractivity contribution in [3.63, 3.8) is 0 Å². The molecule has 2 rings (SSSR count). The fourth-order valence-corrected chi connectivity index (χ4v) is 6.86. The van der Waals surface area contributed by atoms with Crippen LogP contribution in [0.5, 0.6) is 0 Å². The monoisotopic (exact) mass is 720 g/mol. The van der Waals surface area contributed by atoms with Crippen LogP contribution in [-0.4, -0.2) is 104 Å². The fraction of sp³-hybridized carbons (Fsp3) is 0.719. The molecule has 49 heavy (non-hydrogen) atoms. The van der Waals surface area contributed by atoms with Crippen molar-refractivity contribution in [3.8, 4) is 0 Å². The third-order valence-corrected chi connectivity index (χ3v) is 10.9. The van der Waals surface area contributed by atoms with Crippen LogP contribution in [0.3, 0.4) is 0 Å². The summed E-state index contributed by atoms with van der Waals surface area (Å²) in [6, 6.07) is -5.61. The van der Waals surface area contributed by atoms with Crippen LogP contribution in [0.25, 0.3) is 0 Å². The molecule has 2 aliphatic rings. The van der Waals surface area contributed by atoms with Crippen molar-refractivity contribution in [1.29, 1.82) is 0 Å². The van der Waals surface area contributed by atoms with Gasteiger partial charge in [-0.25, -0.2) is 13.2 Å². The molecule has 0 bridgehead atoms. The van der Waals surface area contributed by atoms with Gasteiger partial charge < -0.3 is 26.2 Å². The number of Topliss-reactive ketones (excluding diaryl/α,β-unsaturated/α-hetero) is 1. The highest BCUT2D eigenvalue weighted by molar-refractivity contribution is 7.89. The number of unbranched alkanes of at least 4 members (excludes halogenated alkanes) is 1. The summed E-state index contributed by atoms with van der Waals surface area (Å²) < 4.78 is 63.0. The largest absolute Gasteiger partial charge is 0.511 e. The van der Waals surface area contributed by atoms with Gasteiger partial charge in [0.15, 0.2) is 0 Å². The molecule has 1 aliphatic heterocycles. The second-order valence-electron chi connectivity index (χ2n) is 14.5. The fourth-order valence-electron chi connectivity index (χ4n) is 6.16. The van der Waals surface area contributed by atoms with Gasteiger partial charge in [-0.05, 0) is 36.0 Å². The standard InChI is InChI=1S/C32H51F3N6O7S/c1-11-13-14-20(24(42)27(44)36-15-12-2)37-26(43)23-22-19(31(22,8)9)16-41(23)28(45)25(30(5,6)7)39-29(46)38-21(18(3)4)17-40(10)49(47,48)32(33,34)35/h12,19-23,25H,2-3,11,13-17H2,1,4-10H3,(H,36,44)(H,37,43)(H2,38,39,46)/t19-,20?,21+,22-,23-,25+/m0/s1. The maximum Gasteiger partial charge on any atom is 0.511 e. The minimum atomic E-state index is -5.69. The van der Waals surface area contributed by atoms with Crippen molar-refractivity contribution in [2.75, 3.05) is 26.7 Å². The first-order valence-corrected chi connectivity index (χ1v) is 17.6. The van der Waals surface area contributed by atoms with Crippen LogP contribution in [0.4, 0.5) is 18.0 Å². The van der Waals surface area contributed by atoms with E-state index in [0.717, 1.165) is 7.05 Å². The van der Waals surface area contributed by atoms with Crippen molar-refractivity contribution in [2.24, 2.45) is 22.7 Å². The Bertz CT molecular complexity index is 1430. The van der Waals surface area contributed by atoms with E-state index in [0.29, 0.717) is 12.8 Å². The number of hydrogen-bond donors (Lipinski definition) is 4. The quantitative estimate of drug-likeness (QED) is 0.140. The van der Waals surface area contributed by atoms with Gasteiger partial charge in [0.25, 0.3) is 5.91 Å². The summed E-state index contributed by atoms with van der Waals surface area (Å²) in [5.41, 5.74) is -6.64. The maximum absolute atomic E-state index is 14.2. The average Bonchev–Trinajstić information content (AvgIpc) is 3.29. The lowest BCUT2D eigenvalue weighted by molar-refractivity contribution is -0.145. The second-order valence-corrected chi connectivity index (χ2v) is 16.5. The van der Waals surface area contributed by atoms with E-state index in [2.05, 4.69) is 34.4 Å². The first-order chi connectivity index (χ1) is 22.3. The van der Waals surface area contributed by atoms with E-state index in [9.17, 15) is 45.6 Å². The normalized spacial score (nSPS) is 21.9. The molecule has 4 N–H and O–H groups in total. The number of amides is 5. The smallest absolute Gasteiger partial charge is 0.346 e. The van der Waals surface area contributed by atoms with E-state index in [-0.39, 0.29) is 46.6 Å². The number of fused-ring (bicyclic) bond motifs is 1. The number of sulfonamides is 1. The first-order valence-electron chi connectivity index (χ1n) is 16.1. The van der Waals surface area contributed by atoms with Crippen molar-refractivity contribution in [3.05, 3.63) is 24.8 Å². The number of piperidine rings is 1. The molecule has 0 aromatic heterocycles. The summed E-state index contributed by atoms with van der Waals surface area (Å²) >= 11 is 0. The van der Waals surface area contributed by atoms with E-state index in [1.54, 1.807) is 20.8 Å².